The number of nitrogens with zero attached hydrogens (tertiary/aromatic N) is 1. The van der Waals surface area contributed by atoms with Crippen LogP contribution in [0.2, 0.25) is 0 Å². The van der Waals surface area contributed by atoms with Crippen molar-refractivity contribution < 1.29 is 9.53 Å². The van der Waals surface area contributed by atoms with E-state index >= 15 is 0 Å². The van der Waals surface area contributed by atoms with Gasteiger partial charge in [0, 0.05) is 19.6 Å². The fraction of sp³-hybridized carbons (Fsp3) is 0.632. The lowest BCUT2D eigenvalue weighted by Gasteiger charge is -2.30. The Morgan fingerprint density at radius 3 is 2.68 bits per heavy atom. The molecule has 0 N–H and O–H groups in total. The maximum atomic E-state index is 12.5. The number of hydrogen-bond acceptors (Lipinski definition) is 3. The molecule has 0 spiro atoms. The van der Waals surface area contributed by atoms with Crippen LogP contribution in [0.15, 0.2) is 30.3 Å². The lowest BCUT2D eigenvalue weighted by atomic mass is 9.75. The molecule has 1 fully saturated rings. The zero-order valence-electron chi connectivity index (χ0n) is 14.2. The van der Waals surface area contributed by atoms with Gasteiger partial charge in [-0.05, 0) is 17.9 Å². The van der Waals surface area contributed by atoms with Gasteiger partial charge < -0.3 is 4.74 Å². The first kappa shape index (κ1) is 17.0. The van der Waals surface area contributed by atoms with Gasteiger partial charge >= 0.3 is 5.97 Å². The van der Waals surface area contributed by atoms with Gasteiger partial charge in [0.15, 0.2) is 0 Å². The third kappa shape index (κ3) is 3.70. The Hall–Kier alpha value is -1.35. The summed E-state index contributed by atoms with van der Waals surface area (Å²) >= 11 is 0. The molecule has 122 valence electrons. The molecule has 1 aromatic carbocycles. The average molecular weight is 303 g/mol. The molecule has 1 aromatic rings. The van der Waals surface area contributed by atoms with E-state index in [2.05, 4.69) is 43.0 Å². The van der Waals surface area contributed by atoms with Crippen molar-refractivity contribution >= 4 is 5.97 Å². The Labute approximate surface area is 134 Å². The van der Waals surface area contributed by atoms with E-state index in [-0.39, 0.29) is 11.4 Å². The van der Waals surface area contributed by atoms with E-state index in [1.54, 1.807) is 0 Å². The quantitative estimate of drug-likeness (QED) is 0.565. The predicted molar refractivity (Wildman–Crippen MR) is 89.5 cm³/mol. The number of likely N-dealkylation sites (tertiary alicyclic amines) is 1. The molecule has 0 radical (unpaired) electrons. The number of carbonyl (C=O) groups excluding carboxylic acids is 1. The first-order chi connectivity index (χ1) is 10.6. The van der Waals surface area contributed by atoms with E-state index in [1.165, 1.54) is 25.5 Å². The van der Waals surface area contributed by atoms with E-state index in [4.69, 9.17) is 4.74 Å². The van der Waals surface area contributed by atoms with Gasteiger partial charge in [-0.3, -0.25) is 9.69 Å². The maximum absolute atomic E-state index is 12.5. The third-order valence-corrected chi connectivity index (χ3v) is 5.05. The minimum absolute atomic E-state index is 0.0216. The molecule has 0 aliphatic carbocycles. The summed E-state index contributed by atoms with van der Waals surface area (Å²) < 4.78 is 5.17. The van der Waals surface area contributed by atoms with Gasteiger partial charge in [-0.1, -0.05) is 63.4 Å². The van der Waals surface area contributed by atoms with Crippen molar-refractivity contribution in [1.29, 1.82) is 0 Å². The molecule has 0 saturated carbocycles. The van der Waals surface area contributed by atoms with Crippen molar-refractivity contribution in [2.24, 2.45) is 11.3 Å². The fourth-order valence-electron chi connectivity index (χ4n) is 3.73. The van der Waals surface area contributed by atoms with E-state index in [0.717, 1.165) is 32.5 Å². The number of esters is 1. The van der Waals surface area contributed by atoms with Crippen LogP contribution >= 0.6 is 0 Å². The summed E-state index contributed by atoms with van der Waals surface area (Å²) in [7, 11) is 1.52. The van der Waals surface area contributed by atoms with E-state index in [9.17, 15) is 4.79 Å². The molecule has 1 aliphatic heterocycles. The average Bonchev–Trinajstić information content (AvgIpc) is 2.84. The van der Waals surface area contributed by atoms with Crippen LogP contribution < -0.4 is 0 Å². The second-order valence-corrected chi connectivity index (χ2v) is 6.66. The molecule has 1 saturated heterocycles. The lowest BCUT2D eigenvalue weighted by molar-refractivity contribution is -0.154. The number of ether oxygens (including phenoxy) is 1. The second-order valence-electron chi connectivity index (χ2n) is 6.66. The highest BCUT2D eigenvalue weighted by Gasteiger charge is 2.50. The SMILES string of the molecule is CCCCC[C@@]1(C(=O)OC)CN(Cc2ccccc2)C[C@H]1C. The molecule has 0 bridgehead atoms. The van der Waals surface area contributed by atoms with Crippen LogP contribution in [-0.4, -0.2) is 31.1 Å². The molecule has 0 aromatic heterocycles. The summed E-state index contributed by atoms with van der Waals surface area (Å²) in [6.07, 6.45) is 4.42. The standard InChI is InChI=1S/C19H29NO2/c1-4-5-9-12-19(18(21)22-3)15-20(13-16(19)2)14-17-10-7-6-8-11-17/h6-8,10-11,16H,4-5,9,12-15H2,1-3H3/t16-,19-/m1/s1. The molecule has 0 unspecified atom stereocenters. The number of carbonyl (C=O) groups is 1. The third-order valence-electron chi connectivity index (χ3n) is 5.05. The molecule has 0 amide bonds. The van der Waals surface area contributed by atoms with Crippen molar-refractivity contribution in [3.8, 4) is 0 Å². The number of methoxy groups -OCH3 is 1. The van der Waals surface area contributed by atoms with E-state index < -0.39 is 0 Å². The van der Waals surface area contributed by atoms with Gasteiger partial charge in [0.1, 0.15) is 0 Å². The van der Waals surface area contributed by atoms with Crippen LogP contribution in [0.25, 0.3) is 0 Å². The van der Waals surface area contributed by atoms with Gasteiger partial charge in [0.05, 0.1) is 12.5 Å². The van der Waals surface area contributed by atoms with Gasteiger partial charge in [0.2, 0.25) is 0 Å². The molecule has 1 aliphatic rings. The molecule has 22 heavy (non-hydrogen) atoms. The number of hydrogen-bond donors (Lipinski definition) is 0. The summed E-state index contributed by atoms with van der Waals surface area (Å²) in [5.74, 6) is 0.326. The predicted octanol–water partition coefficient (Wildman–Crippen LogP) is 3.88. The largest absolute Gasteiger partial charge is 0.469 e. The summed E-state index contributed by atoms with van der Waals surface area (Å²) in [6.45, 7) is 7.10. The van der Waals surface area contributed by atoms with Gasteiger partial charge in [-0.15, -0.1) is 0 Å². The Kier molecular flexibility index (Phi) is 6.01. The van der Waals surface area contributed by atoms with Gasteiger partial charge in [-0.2, -0.15) is 0 Å². The van der Waals surface area contributed by atoms with Crippen molar-refractivity contribution in [1.82, 2.24) is 4.90 Å². The zero-order valence-corrected chi connectivity index (χ0v) is 14.2. The molecular weight excluding hydrogens is 274 g/mol. The van der Waals surface area contributed by atoms with Crippen molar-refractivity contribution in [3.63, 3.8) is 0 Å². The van der Waals surface area contributed by atoms with Crippen LogP contribution in [0.5, 0.6) is 0 Å². The Morgan fingerprint density at radius 1 is 1.32 bits per heavy atom. The van der Waals surface area contributed by atoms with Crippen LogP contribution in [0.1, 0.15) is 45.1 Å². The van der Waals surface area contributed by atoms with Crippen molar-refractivity contribution in [2.75, 3.05) is 20.2 Å². The van der Waals surface area contributed by atoms with Crippen LogP contribution in [-0.2, 0) is 16.1 Å². The molecular formula is C19H29NO2. The van der Waals surface area contributed by atoms with Gasteiger partial charge in [-0.25, -0.2) is 0 Å². The zero-order chi connectivity index (χ0) is 16.0. The fourth-order valence-corrected chi connectivity index (χ4v) is 3.73. The molecule has 2 rings (SSSR count). The number of rotatable bonds is 7. The first-order valence-corrected chi connectivity index (χ1v) is 8.47. The summed E-state index contributed by atoms with van der Waals surface area (Å²) in [5, 5.41) is 0. The highest BCUT2D eigenvalue weighted by atomic mass is 16.5. The topological polar surface area (TPSA) is 29.5 Å². The second kappa shape index (κ2) is 7.77. The molecule has 2 atom stereocenters. The molecule has 1 heterocycles. The number of benzene rings is 1. The Balaban J connectivity index is 2.08. The highest BCUT2D eigenvalue weighted by Crippen LogP contribution is 2.42. The number of unbranched alkanes of at least 4 members (excludes halogenated alkanes) is 2. The summed E-state index contributed by atoms with van der Waals surface area (Å²) in [4.78, 5) is 14.9. The Bertz CT molecular complexity index is 474. The Morgan fingerprint density at radius 2 is 2.05 bits per heavy atom. The van der Waals surface area contributed by atoms with Crippen molar-refractivity contribution in [3.05, 3.63) is 35.9 Å². The minimum atomic E-state index is -0.321. The van der Waals surface area contributed by atoms with E-state index in [0.29, 0.717) is 5.92 Å². The normalized spacial score (nSPS) is 25.3. The monoisotopic (exact) mass is 303 g/mol. The lowest BCUT2D eigenvalue weighted by Crippen LogP contribution is -2.39. The van der Waals surface area contributed by atoms with Crippen LogP contribution in [0.3, 0.4) is 0 Å². The van der Waals surface area contributed by atoms with Crippen LogP contribution in [0, 0.1) is 11.3 Å². The van der Waals surface area contributed by atoms with Crippen molar-refractivity contribution in [2.45, 2.75) is 46.1 Å². The first-order valence-electron chi connectivity index (χ1n) is 8.47. The summed E-state index contributed by atoms with van der Waals surface area (Å²) in [6, 6.07) is 10.5. The maximum Gasteiger partial charge on any atom is 0.313 e. The summed E-state index contributed by atoms with van der Waals surface area (Å²) in [5.41, 5.74) is 0.988. The highest BCUT2D eigenvalue weighted by molar-refractivity contribution is 5.78. The minimum Gasteiger partial charge on any atom is -0.469 e. The van der Waals surface area contributed by atoms with E-state index in [1.807, 2.05) is 6.07 Å². The van der Waals surface area contributed by atoms with Crippen LogP contribution in [0.4, 0.5) is 0 Å². The smallest absolute Gasteiger partial charge is 0.313 e. The molecule has 3 nitrogen and oxygen atoms in total. The molecule has 3 heteroatoms. The van der Waals surface area contributed by atoms with Gasteiger partial charge in [0.25, 0.3) is 0 Å².